The Morgan fingerprint density at radius 1 is 1.35 bits per heavy atom. The first kappa shape index (κ1) is 18.9. The normalized spacial score (nSPS) is 27.3. The van der Waals surface area contributed by atoms with E-state index in [4.69, 9.17) is 4.99 Å². The van der Waals surface area contributed by atoms with E-state index >= 15 is 0 Å². The van der Waals surface area contributed by atoms with Crippen molar-refractivity contribution in [1.82, 2.24) is 15.5 Å². The van der Waals surface area contributed by atoms with Gasteiger partial charge in [-0.15, -0.1) is 0 Å². The van der Waals surface area contributed by atoms with Gasteiger partial charge in [-0.25, -0.2) is 0 Å². The molecule has 23 heavy (non-hydrogen) atoms. The van der Waals surface area contributed by atoms with Crippen molar-refractivity contribution >= 4 is 17.7 Å². The molecule has 5 nitrogen and oxygen atoms in total. The highest BCUT2D eigenvalue weighted by atomic mass is 32.2. The van der Waals surface area contributed by atoms with Gasteiger partial charge in [-0.3, -0.25) is 4.99 Å². The molecule has 2 saturated heterocycles. The largest absolute Gasteiger partial charge is 0.393 e. The number of rotatable bonds is 7. The fourth-order valence-electron chi connectivity index (χ4n) is 3.20. The number of thioether (sulfide) groups is 1. The number of likely N-dealkylation sites (tertiary alicyclic amines) is 1. The summed E-state index contributed by atoms with van der Waals surface area (Å²) in [6.07, 6.45) is 5.49. The van der Waals surface area contributed by atoms with Crippen LogP contribution in [0.1, 0.15) is 46.0 Å². The standard InChI is InChI=1S/C17H34N4OS/c1-3-18-16(20-14-17(2)8-4-13-23-17)19-9-5-10-21-11-6-15(22)7-12-21/h15,22H,3-14H2,1-2H3,(H2,18,19,20). The van der Waals surface area contributed by atoms with Gasteiger partial charge in [0.2, 0.25) is 0 Å². The lowest BCUT2D eigenvalue weighted by molar-refractivity contribution is 0.0823. The van der Waals surface area contributed by atoms with Gasteiger partial charge in [0.1, 0.15) is 0 Å². The summed E-state index contributed by atoms with van der Waals surface area (Å²) in [6, 6.07) is 0. The number of aliphatic hydroxyl groups is 1. The lowest BCUT2D eigenvalue weighted by Crippen LogP contribution is -2.41. The Morgan fingerprint density at radius 3 is 2.78 bits per heavy atom. The number of nitrogens with zero attached hydrogens (tertiary/aromatic N) is 2. The van der Waals surface area contributed by atoms with E-state index in [1.807, 2.05) is 0 Å². The number of hydrogen-bond donors (Lipinski definition) is 3. The van der Waals surface area contributed by atoms with Gasteiger partial charge >= 0.3 is 0 Å². The van der Waals surface area contributed by atoms with Crippen molar-refractivity contribution in [2.75, 3.05) is 45.0 Å². The van der Waals surface area contributed by atoms with Crippen LogP contribution in [0.25, 0.3) is 0 Å². The maximum absolute atomic E-state index is 9.54. The van der Waals surface area contributed by atoms with Gasteiger partial charge in [0.25, 0.3) is 0 Å². The average molecular weight is 343 g/mol. The van der Waals surface area contributed by atoms with Gasteiger partial charge in [-0.05, 0) is 58.2 Å². The van der Waals surface area contributed by atoms with Crippen molar-refractivity contribution in [3.63, 3.8) is 0 Å². The minimum Gasteiger partial charge on any atom is -0.393 e. The molecule has 0 saturated carbocycles. The van der Waals surface area contributed by atoms with Gasteiger partial charge in [0.05, 0.1) is 12.6 Å². The van der Waals surface area contributed by atoms with Crippen molar-refractivity contribution in [3.8, 4) is 0 Å². The molecule has 0 aliphatic carbocycles. The molecule has 0 aromatic carbocycles. The number of aliphatic imine (C=N–C) groups is 1. The molecule has 0 radical (unpaired) electrons. The zero-order valence-electron chi connectivity index (χ0n) is 14.8. The SMILES string of the molecule is CCNC(=NCC1(C)CCCS1)NCCCN1CCC(O)CC1. The maximum atomic E-state index is 9.54. The summed E-state index contributed by atoms with van der Waals surface area (Å²) in [5.74, 6) is 2.23. The molecule has 0 aromatic rings. The Bertz CT molecular complexity index is 364. The van der Waals surface area contributed by atoms with E-state index in [0.717, 1.165) is 64.5 Å². The molecule has 134 valence electrons. The zero-order valence-corrected chi connectivity index (χ0v) is 15.6. The highest BCUT2D eigenvalue weighted by molar-refractivity contribution is 8.00. The number of nitrogens with one attached hydrogen (secondary N) is 2. The van der Waals surface area contributed by atoms with Crippen LogP contribution in [0.3, 0.4) is 0 Å². The first-order valence-electron chi connectivity index (χ1n) is 9.18. The molecule has 0 aromatic heterocycles. The second-order valence-electron chi connectivity index (χ2n) is 6.95. The van der Waals surface area contributed by atoms with Gasteiger partial charge in [-0.1, -0.05) is 0 Å². The average Bonchev–Trinajstić information content (AvgIpc) is 2.98. The molecule has 0 bridgehead atoms. The van der Waals surface area contributed by atoms with Crippen LogP contribution in [0.2, 0.25) is 0 Å². The van der Waals surface area contributed by atoms with Gasteiger partial charge in [-0.2, -0.15) is 11.8 Å². The number of hydrogen-bond acceptors (Lipinski definition) is 4. The van der Waals surface area contributed by atoms with E-state index in [1.54, 1.807) is 0 Å². The minimum atomic E-state index is -0.0771. The maximum Gasteiger partial charge on any atom is 0.191 e. The summed E-state index contributed by atoms with van der Waals surface area (Å²) in [5, 5.41) is 16.4. The van der Waals surface area contributed by atoms with Gasteiger partial charge in [0.15, 0.2) is 5.96 Å². The molecule has 2 aliphatic rings. The van der Waals surface area contributed by atoms with Crippen LogP contribution >= 0.6 is 11.8 Å². The predicted octanol–water partition coefficient (Wildman–Crippen LogP) is 1.67. The smallest absolute Gasteiger partial charge is 0.191 e. The van der Waals surface area contributed by atoms with Crippen LogP contribution in [0.15, 0.2) is 4.99 Å². The summed E-state index contributed by atoms with van der Waals surface area (Å²) in [7, 11) is 0. The van der Waals surface area contributed by atoms with Crippen LogP contribution in [0.4, 0.5) is 0 Å². The summed E-state index contributed by atoms with van der Waals surface area (Å²) in [6.45, 7) is 10.4. The molecule has 0 spiro atoms. The molecule has 2 aliphatic heterocycles. The molecule has 2 rings (SSSR count). The number of guanidine groups is 1. The molecule has 2 heterocycles. The summed E-state index contributed by atoms with van der Waals surface area (Å²) in [4.78, 5) is 7.24. The molecular weight excluding hydrogens is 308 g/mol. The van der Waals surface area contributed by atoms with Crippen LogP contribution in [-0.2, 0) is 0 Å². The quantitative estimate of drug-likeness (QED) is 0.373. The van der Waals surface area contributed by atoms with Crippen LogP contribution < -0.4 is 10.6 Å². The monoisotopic (exact) mass is 342 g/mol. The van der Waals surface area contributed by atoms with Crippen LogP contribution in [0, 0.1) is 0 Å². The Morgan fingerprint density at radius 2 is 2.13 bits per heavy atom. The van der Waals surface area contributed by atoms with Gasteiger partial charge < -0.3 is 20.6 Å². The van der Waals surface area contributed by atoms with Gasteiger partial charge in [0, 0.05) is 30.9 Å². The third kappa shape index (κ3) is 6.89. The van der Waals surface area contributed by atoms with E-state index in [0.29, 0.717) is 4.75 Å². The number of piperidine rings is 1. The Hall–Kier alpha value is -0.460. The third-order valence-corrected chi connectivity index (χ3v) is 6.24. The van der Waals surface area contributed by atoms with Crippen molar-refractivity contribution in [1.29, 1.82) is 0 Å². The topological polar surface area (TPSA) is 59.9 Å². The molecular formula is C17H34N4OS. The second-order valence-corrected chi connectivity index (χ2v) is 8.63. The second kappa shape index (κ2) is 9.74. The van der Waals surface area contributed by atoms with E-state index < -0.39 is 0 Å². The third-order valence-electron chi connectivity index (χ3n) is 4.72. The lowest BCUT2D eigenvalue weighted by atomic mass is 10.1. The fraction of sp³-hybridized carbons (Fsp3) is 0.941. The summed E-state index contributed by atoms with van der Waals surface area (Å²) < 4.78 is 0.330. The molecule has 1 unspecified atom stereocenters. The Kier molecular flexibility index (Phi) is 7.99. The Labute approximate surface area is 145 Å². The highest BCUT2D eigenvalue weighted by Crippen LogP contribution is 2.37. The fourth-order valence-corrected chi connectivity index (χ4v) is 4.43. The molecule has 3 N–H and O–H groups in total. The summed E-state index contributed by atoms with van der Waals surface area (Å²) >= 11 is 2.06. The molecule has 1 atom stereocenters. The Balaban J connectivity index is 1.65. The van der Waals surface area contributed by atoms with Crippen molar-refractivity contribution in [3.05, 3.63) is 0 Å². The van der Waals surface area contributed by atoms with Crippen LogP contribution in [0.5, 0.6) is 0 Å². The molecule has 2 fully saturated rings. The van der Waals surface area contributed by atoms with Crippen LogP contribution in [-0.4, -0.2) is 71.8 Å². The minimum absolute atomic E-state index is 0.0771. The first-order valence-corrected chi connectivity index (χ1v) is 10.2. The molecule has 0 amide bonds. The lowest BCUT2D eigenvalue weighted by Gasteiger charge is -2.29. The van der Waals surface area contributed by atoms with Crippen molar-refractivity contribution in [2.45, 2.75) is 56.8 Å². The molecule has 6 heteroatoms. The van der Waals surface area contributed by atoms with E-state index in [9.17, 15) is 5.11 Å². The van der Waals surface area contributed by atoms with Crippen molar-refractivity contribution < 1.29 is 5.11 Å². The van der Waals surface area contributed by atoms with E-state index in [-0.39, 0.29) is 6.10 Å². The van der Waals surface area contributed by atoms with Crippen molar-refractivity contribution in [2.24, 2.45) is 4.99 Å². The zero-order chi connectivity index (χ0) is 16.5. The highest BCUT2D eigenvalue weighted by Gasteiger charge is 2.29. The predicted molar refractivity (Wildman–Crippen MR) is 100 cm³/mol. The number of aliphatic hydroxyl groups excluding tert-OH is 1. The summed E-state index contributed by atoms with van der Waals surface area (Å²) in [5.41, 5.74) is 0. The first-order chi connectivity index (χ1) is 11.1. The van der Waals surface area contributed by atoms with E-state index in [1.165, 1.54) is 18.6 Å². The van der Waals surface area contributed by atoms with E-state index in [2.05, 4.69) is 41.1 Å².